The number of aromatic nitrogens is 2. The van der Waals surface area contributed by atoms with Crippen molar-refractivity contribution in [1.29, 1.82) is 0 Å². The Morgan fingerprint density at radius 2 is 2.08 bits per heavy atom. The number of anilines is 1. The Morgan fingerprint density at radius 3 is 2.78 bits per heavy atom. The SMILES string of the molecule is CCOC(=O)CC1C(=O)NCCN1c1nc2ccc(C)cn2c(=O)c1/C=C1/SC(=S)N(C(C)CC)C1=O. The van der Waals surface area contributed by atoms with E-state index >= 15 is 0 Å². The minimum absolute atomic E-state index is 0.0869. The topological polar surface area (TPSA) is 113 Å². The molecule has 0 aromatic carbocycles. The van der Waals surface area contributed by atoms with Gasteiger partial charge < -0.3 is 15.0 Å². The zero-order valence-corrected chi connectivity index (χ0v) is 22.8. The van der Waals surface area contributed by atoms with Crippen LogP contribution in [-0.2, 0) is 19.1 Å². The number of piperazine rings is 1. The average Bonchev–Trinajstić information content (AvgIpc) is 3.14. The van der Waals surface area contributed by atoms with Gasteiger partial charge in [-0.15, -0.1) is 0 Å². The molecule has 4 heterocycles. The third-order valence-corrected chi connectivity index (χ3v) is 7.71. The Kier molecular flexibility index (Phi) is 7.98. The molecule has 0 bridgehead atoms. The Morgan fingerprint density at radius 1 is 1.32 bits per heavy atom. The number of hydrogen-bond donors (Lipinski definition) is 1. The summed E-state index contributed by atoms with van der Waals surface area (Å²) in [5.74, 6) is -0.937. The van der Waals surface area contributed by atoms with Gasteiger partial charge in [-0.25, -0.2) is 4.98 Å². The van der Waals surface area contributed by atoms with Crippen molar-refractivity contribution in [2.24, 2.45) is 0 Å². The number of ether oxygens (including phenoxy) is 1. The van der Waals surface area contributed by atoms with Crippen LogP contribution in [0.2, 0.25) is 0 Å². The smallest absolute Gasteiger partial charge is 0.308 e. The second-order valence-corrected chi connectivity index (χ2v) is 10.6. The molecule has 10 nitrogen and oxygen atoms in total. The lowest BCUT2D eigenvalue weighted by Crippen LogP contribution is -2.57. The summed E-state index contributed by atoms with van der Waals surface area (Å²) in [6.07, 6.45) is 3.71. The maximum Gasteiger partial charge on any atom is 0.308 e. The fraction of sp³-hybridized carbons (Fsp3) is 0.440. The number of carbonyl (C=O) groups excluding carboxylic acids is 3. The molecule has 12 heteroatoms. The largest absolute Gasteiger partial charge is 0.466 e. The molecule has 2 aromatic rings. The van der Waals surface area contributed by atoms with Crippen LogP contribution in [0.25, 0.3) is 11.7 Å². The van der Waals surface area contributed by atoms with Crippen LogP contribution >= 0.6 is 24.0 Å². The van der Waals surface area contributed by atoms with E-state index in [-0.39, 0.29) is 42.3 Å². The van der Waals surface area contributed by atoms with E-state index in [0.717, 1.165) is 23.7 Å². The minimum atomic E-state index is -0.922. The second-order valence-electron chi connectivity index (χ2n) is 8.91. The number of aryl methyl sites for hydroxylation is 1. The van der Waals surface area contributed by atoms with Gasteiger partial charge in [-0.1, -0.05) is 37.0 Å². The minimum Gasteiger partial charge on any atom is -0.466 e. The lowest BCUT2D eigenvalue weighted by atomic mass is 10.1. The summed E-state index contributed by atoms with van der Waals surface area (Å²) in [5, 5.41) is 2.77. The van der Waals surface area contributed by atoms with Crippen LogP contribution in [0, 0.1) is 6.92 Å². The molecule has 2 aliphatic heterocycles. The molecule has 0 aliphatic carbocycles. The van der Waals surface area contributed by atoms with Crippen LogP contribution in [0.15, 0.2) is 28.0 Å². The summed E-state index contributed by atoms with van der Waals surface area (Å²) in [4.78, 5) is 60.5. The average molecular weight is 544 g/mol. The first-order valence-corrected chi connectivity index (χ1v) is 13.4. The van der Waals surface area contributed by atoms with E-state index in [1.165, 1.54) is 10.5 Å². The van der Waals surface area contributed by atoms with E-state index in [1.54, 1.807) is 29.0 Å². The number of fused-ring (bicyclic) bond motifs is 1. The molecule has 2 fully saturated rings. The standard InChI is InChI=1S/C25H29N5O5S2/c1-5-15(4)30-24(34)18(37-25(30)36)11-16-21(27-19-8-7-14(3)13-29(19)23(16)33)28-10-9-26-22(32)17(28)12-20(31)35-6-2/h7-8,11,13,15,17H,5-6,9-10,12H2,1-4H3,(H,26,32)/b18-11+. The molecule has 2 aromatic heterocycles. The van der Waals surface area contributed by atoms with Gasteiger partial charge in [-0.05, 0) is 44.9 Å². The van der Waals surface area contributed by atoms with Crippen LogP contribution in [0.4, 0.5) is 5.82 Å². The monoisotopic (exact) mass is 543 g/mol. The fourth-order valence-electron chi connectivity index (χ4n) is 4.31. The van der Waals surface area contributed by atoms with Crippen molar-refractivity contribution >= 4 is 63.6 Å². The van der Waals surface area contributed by atoms with Crippen molar-refractivity contribution in [3.63, 3.8) is 0 Å². The molecule has 0 spiro atoms. The summed E-state index contributed by atoms with van der Waals surface area (Å²) in [6, 6.07) is 2.55. The van der Waals surface area contributed by atoms with Gasteiger partial charge in [0.15, 0.2) is 0 Å². The summed E-state index contributed by atoms with van der Waals surface area (Å²) in [7, 11) is 0. The molecule has 196 valence electrons. The van der Waals surface area contributed by atoms with Crippen molar-refractivity contribution in [2.45, 2.75) is 52.6 Å². The van der Waals surface area contributed by atoms with Gasteiger partial charge in [-0.3, -0.25) is 28.5 Å². The predicted octanol–water partition coefficient (Wildman–Crippen LogP) is 2.26. The van der Waals surface area contributed by atoms with Crippen LogP contribution in [0.1, 0.15) is 44.7 Å². The molecule has 0 radical (unpaired) electrons. The highest BCUT2D eigenvalue weighted by Crippen LogP contribution is 2.35. The van der Waals surface area contributed by atoms with E-state index in [0.29, 0.717) is 28.0 Å². The van der Waals surface area contributed by atoms with E-state index < -0.39 is 17.6 Å². The molecule has 2 unspecified atom stereocenters. The Bertz CT molecular complexity index is 1370. The number of esters is 1. The summed E-state index contributed by atoms with van der Waals surface area (Å²) in [6.45, 7) is 8.25. The lowest BCUT2D eigenvalue weighted by molar-refractivity contribution is -0.145. The number of carbonyl (C=O) groups is 3. The molecule has 37 heavy (non-hydrogen) atoms. The van der Waals surface area contributed by atoms with Gasteiger partial charge in [0, 0.05) is 25.3 Å². The van der Waals surface area contributed by atoms with Crippen molar-refractivity contribution in [3.05, 3.63) is 44.7 Å². The molecule has 2 atom stereocenters. The third kappa shape index (κ3) is 5.26. The molecule has 2 aliphatic rings. The van der Waals surface area contributed by atoms with Gasteiger partial charge in [0.25, 0.3) is 11.5 Å². The van der Waals surface area contributed by atoms with Gasteiger partial charge in [0.1, 0.15) is 21.8 Å². The van der Waals surface area contributed by atoms with Gasteiger partial charge in [0.05, 0.1) is 23.5 Å². The number of hydrogen-bond acceptors (Lipinski definition) is 9. The molecular weight excluding hydrogens is 514 g/mol. The number of rotatable bonds is 7. The van der Waals surface area contributed by atoms with Crippen molar-refractivity contribution < 1.29 is 19.1 Å². The number of thioether (sulfide) groups is 1. The van der Waals surface area contributed by atoms with Crippen LogP contribution in [0.5, 0.6) is 0 Å². The zero-order chi connectivity index (χ0) is 26.9. The highest BCUT2D eigenvalue weighted by atomic mass is 32.2. The van der Waals surface area contributed by atoms with Gasteiger partial charge in [-0.2, -0.15) is 0 Å². The first-order chi connectivity index (χ1) is 17.7. The van der Waals surface area contributed by atoms with Crippen molar-refractivity contribution in [1.82, 2.24) is 19.6 Å². The highest BCUT2D eigenvalue weighted by molar-refractivity contribution is 8.26. The van der Waals surface area contributed by atoms with Gasteiger partial charge in [0.2, 0.25) is 5.91 Å². The van der Waals surface area contributed by atoms with E-state index in [9.17, 15) is 19.2 Å². The number of amides is 2. The quantitative estimate of drug-likeness (QED) is 0.319. The van der Waals surface area contributed by atoms with Crippen molar-refractivity contribution in [2.75, 3.05) is 24.6 Å². The van der Waals surface area contributed by atoms with E-state index in [2.05, 4.69) is 5.32 Å². The summed E-state index contributed by atoms with van der Waals surface area (Å²) in [5.41, 5.74) is 1.00. The lowest BCUT2D eigenvalue weighted by Gasteiger charge is -2.36. The molecule has 0 saturated carbocycles. The summed E-state index contributed by atoms with van der Waals surface area (Å²) >= 11 is 6.59. The number of thiocarbonyl (C=S) groups is 1. The fourth-order valence-corrected chi connectivity index (χ4v) is 5.76. The Balaban J connectivity index is 1.89. The molecular formula is C25H29N5O5S2. The Hall–Kier alpha value is -3.25. The second kappa shape index (κ2) is 11.0. The maximum absolute atomic E-state index is 13.8. The maximum atomic E-state index is 13.8. The van der Waals surface area contributed by atoms with E-state index in [4.69, 9.17) is 21.9 Å². The third-order valence-electron chi connectivity index (χ3n) is 6.38. The number of pyridine rings is 1. The molecule has 2 amide bonds. The molecule has 4 rings (SSSR count). The summed E-state index contributed by atoms with van der Waals surface area (Å²) < 4.78 is 6.93. The Labute approximate surface area is 224 Å². The van der Waals surface area contributed by atoms with Gasteiger partial charge >= 0.3 is 5.97 Å². The van der Waals surface area contributed by atoms with Crippen LogP contribution in [0.3, 0.4) is 0 Å². The molecule has 1 N–H and O–H groups in total. The predicted molar refractivity (Wildman–Crippen MR) is 146 cm³/mol. The molecule has 2 saturated heterocycles. The first kappa shape index (κ1) is 26.8. The number of nitrogens with one attached hydrogen (secondary N) is 1. The normalized spacial score (nSPS) is 20.1. The van der Waals surface area contributed by atoms with E-state index in [1.807, 2.05) is 26.8 Å². The van der Waals surface area contributed by atoms with Crippen LogP contribution in [-0.4, -0.2) is 68.2 Å². The van der Waals surface area contributed by atoms with Crippen LogP contribution < -0.4 is 15.8 Å². The zero-order valence-electron chi connectivity index (χ0n) is 21.1. The van der Waals surface area contributed by atoms with Crippen molar-refractivity contribution in [3.8, 4) is 0 Å². The first-order valence-electron chi connectivity index (χ1n) is 12.2. The number of nitrogens with zero attached hydrogens (tertiary/aromatic N) is 4. The highest BCUT2D eigenvalue weighted by Gasteiger charge is 2.37.